The van der Waals surface area contributed by atoms with Crippen molar-refractivity contribution >= 4 is 11.9 Å². The molecular formula is C7H12O5. The van der Waals surface area contributed by atoms with E-state index in [0.717, 1.165) is 0 Å². The van der Waals surface area contributed by atoms with E-state index in [1.807, 2.05) is 0 Å². The van der Waals surface area contributed by atoms with Crippen molar-refractivity contribution in [3.8, 4) is 0 Å². The quantitative estimate of drug-likeness (QED) is 0.294. The molecule has 1 atom stereocenters. The van der Waals surface area contributed by atoms with Gasteiger partial charge in [-0.05, 0) is 13.3 Å². The Hall–Kier alpha value is -1.10. The average Bonchev–Trinajstić information content (AvgIpc) is 2.06. The van der Waals surface area contributed by atoms with Gasteiger partial charge >= 0.3 is 11.9 Å². The summed E-state index contributed by atoms with van der Waals surface area (Å²) in [5, 5.41) is 8.00. The second kappa shape index (κ2) is 5.54. The molecule has 0 saturated carbocycles. The lowest BCUT2D eigenvalue weighted by Gasteiger charge is -2.08. The summed E-state index contributed by atoms with van der Waals surface area (Å²) in [6, 6.07) is 0. The summed E-state index contributed by atoms with van der Waals surface area (Å²) >= 11 is 0. The first-order valence-electron chi connectivity index (χ1n) is 3.69. The first kappa shape index (κ1) is 10.9. The molecule has 0 aromatic heterocycles. The molecule has 0 aliphatic rings. The van der Waals surface area contributed by atoms with Crippen molar-refractivity contribution < 1.29 is 24.5 Å². The molecule has 0 aromatic carbocycles. The standard InChI is InChI=1S/C7H12O5/c1-3-5(7(9)12-10)6(8)11-4-2/h5,10H,3-4H2,1-2H3. The summed E-state index contributed by atoms with van der Waals surface area (Å²) in [5.41, 5.74) is 0. The van der Waals surface area contributed by atoms with Gasteiger partial charge in [-0.1, -0.05) is 6.92 Å². The summed E-state index contributed by atoms with van der Waals surface area (Å²) in [6.07, 6.45) is 0.248. The van der Waals surface area contributed by atoms with E-state index in [0.29, 0.717) is 0 Å². The fourth-order valence-electron chi connectivity index (χ4n) is 0.736. The summed E-state index contributed by atoms with van der Waals surface area (Å²) in [4.78, 5) is 25.1. The molecule has 0 aromatic rings. The van der Waals surface area contributed by atoms with E-state index >= 15 is 0 Å². The van der Waals surface area contributed by atoms with Crippen molar-refractivity contribution in [1.29, 1.82) is 0 Å². The van der Waals surface area contributed by atoms with Crippen molar-refractivity contribution in [3.05, 3.63) is 0 Å². The molecule has 5 nitrogen and oxygen atoms in total. The zero-order valence-electron chi connectivity index (χ0n) is 7.07. The molecule has 0 spiro atoms. The maximum absolute atomic E-state index is 10.9. The van der Waals surface area contributed by atoms with Gasteiger partial charge in [0.1, 0.15) is 0 Å². The number of hydrogen-bond acceptors (Lipinski definition) is 5. The van der Waals surface area contributed by atoms with Crippen LogP contribution in [0.2, 0.25) is 0 Å². The van der Waals surface area contributed by atoms with Crippen LogP contribution in [0.5, 0.6) is 0 Å². The van der Waals surface area contributed by atoms with Gasteiger partial charge in [0, 0.05) is 0 Å². The minimum atomic E-state index is -1.02. The third kappa shape index (κ3) is 2.87. The Balaban J connectivity index is 4.14. The number of esters is 1. The van der Waals surface area contributed by atoms with Crippen molar-refractivity contribution in [2.45, 2.75) is 20.3 Å². The highest BCUT2D eigenvalue weighted by Gasteiger charge is 2.27. The van der Waals surface area contributed by atoms with Gasteiger partial charge < -0.3 is 9.62 Å². The molecule has 0 rings (SSSR count). The second-order valence-corrected chi connectivity index (χ2v) is 2.12. The minimum Gasteiger partial charge on any atom is -0.465 e. The Morgan fingerprint density at radius 3 is 2.25 bits per heavy atom. The van der Waals surface area contributed by atoms with Crippen LogP contribution in [0.4, 0.5) is 0 Å². The van der Waals surface area contributed by atoms with E-state index in [1.54, 1.807) is 13.8 Å². The van der Waals surface area contributed by atoms with Crippen molar-refractivity contribution in [2.75, 3.05) is 6.61 Å². The molecule has 0 saturated heterocycles. The van der Waals surface area contributed by atoms with Crippen molar-refractivity contribution in [3.63, 3.8) is 0 Å². The molecule has 1 unspecified atom stereocenters. The maximum Gasteiger partial charge on any atom is 0.356 e. The van der Waals surface area contributed by atoms with E-state index in [1.165, 1.54) is 0 Å². The second-order valence-electron chi connectivity index (χ2n) is 2.12. The highest BCUT2D eigenvalue weighted by atomic mass is 17.1. The van der Waals surface area contributed by atoms with Crippen LogP contribution < -0.4 is 0 Å². The molecule has 0 aliphatic carbocycles. The minimum absolute atomic E-state index is 0.202. The van der Waals surface area contributed by atoms with Gasteiger partial charge in [0.05, 0.1) is 6.61 Å². The predicted molar refractivity (Wildman–Crippen MR) is 39.1 cm³/mol. The third-order valence-electron chi connectivity index (χ3n) is 1.35. The van der Waals surface area contributed by atoms with Crippen molar-refractivity contribution in [1.82, 2.24) is 0 Å². The Bertz CT molecular complexity index is 165. The molecule has 0 amide bonds. The van der Waals surface area contributed by atoms with Crippen LogP contribution in [0, 0.1) is 5.92 Å². The van der Waals surface area contributed by atoms with Gasteiger partial charge in [-0.15, -0.1) is 0 Å². The number of hydrogen-bond donors (Lipinski definition) is 1. The zero-order chi connectivity index (χ0) is 9.56. The van der Waals surface area contributed by atoms with Gasteiger partial charge in [-0.3, -0.25) is 4.79 Å². The van der Waals surface area contributed by atoms with Gasteiger partial charge in [-0.2, -0.15) is 5.26 Å². The van der Waals surface area contributed by atoms with E-state index in [9.17, 15) is 9.59 Å². The predicted octanol–water partition coefficient (Wildman–Crippen LogP) is 0.592. The average molecular weight is 176 g/mol. The summed E-state index contributed by atoms with van der Waals surface area (Å²) in [7, 11) is 0. The molecule has 12 heavy (non-hydrogen) atoms. The normalized spacial score (nSPS) is 11.9. The van der Waals surface area contributed by atoms with Gasteiger partial charge in [0.2, 0.25) is 0 Å². The topological polar surface area (TPSA) is 72.8 Å². The van der Waals surface area contributed by atoms with Gasteiger partial charge in [0.15, 0.2) is 5.92 Å². The fraction of sp³-hybridized carbons (Fsp3) is 0.714. The molecule has 0 fully saturated rings. The molecule has 0 heterocycles. The number of ether oxygens (including phenoxy) is 1. The van der Waals surface area contributed by atoms with Crippen LogP contribution in [0.1, 0.15) is 20.3 Å². The van der Waals surface area contributed by atoms with Crippen molar-refractivity contribution in [2.24, 2.45) is 5.92 Å². The summed E-state index contributed by atoms with van der Waals surface area (Å²) < 4.78 is 4.57. The Kier molecular flexibility index (Phi) is 5.03. The molecule has 0 radical (unpaired) electrons. The lowest BCUT2D eigenvalue weighted by molar-refractivity contribution is -0.239. The Labute approximate surface area is 70.2 Å². The van der Waals surface area contributed by atoms with E-state index in [2.05, 4.69) is 9.62 Å². The van der Waals surface area contributed by atoms with Gasteiger partial charge in [0.25, 0.3) is 0 Å². The zero-order valence-corrected chi connectivity index (χ0v) is 7.07. The largest absolute Gasteiger partial charge is 0.465 e. The van der Waals surface area contributed by atoms with E-state index in [4.69, 9.17) is 5.26 Å². The Morgan fingerprint density at radius 2 is 1.92 bits per heavy atom. The number of carbonyl (C=O) groups excluding carboxylic acids is 2. The number of carbonyl (C=O) groups is 2. The molecule has 70 valence electrons. The first-order chi connectivity index (χ1) is 5.67. The summed E-state index contributed by atoms with van der Waals surface area (Å²) in [5.74, 6) is -2.66. The Morgan fingerprint density at radius 1 is 1.33 bits per heavy atom. The molecule has 1 N–H and O–H groups in total. The van der Waals surface area contributed by atoms with E-state index in [-0.39, 0.29) is 13.0 Å². The highest BCUT2D eigenvalue weighted by molar-refractivity contribution is 5.94. The van der Waals surface area contributed by atoms with Crippen LogP contribution in [-0.4, -0.2) is 23.8 Å². The molecular weight excluding hydrogens is 164 g/mol. The lowest BCUT2D eigenvalue weighted by Crippen LogP contribution is -2.26. The van der Waals surface area contributed by atoms with Crippen LogP contribution in [0.15, 0.2) is 0 Å². The first-order valence-corrected chi connectivity index (χ1v) is 3.69. The highest BCUT2D eigenvalue weighted by Crippen LogP contribution is 2.06. The third-order valence-corrected chi connectivity index (χ3v) is 1.35. The maximum atomic E-state index is 10.9. The fourth-order valence-corrected chi connectivity index (χ4v) is 0.736. The van der Waals surface area contributed by atoms with E-state index < -0.39 is 17.9 Å². The number of rotatable bonds is 4. The lowest BCUT2D eigenvalue weighted by atomic mass is 10.1. The SMILES string of the molecule is CCOC(=O)C(CC)C(=O)OO. The van der Waals surface area contributed by atoms with Crippen LogP contribution in [0.3, 0.4) is 0 Å². The molecule has 0 aliphatic heterocycles. The summed E-state index contributed by atoms with van der Waals surface area (Å²) in [6.45, 7) is 3.46. The van der Waals surface area contributed by atoms with Crippen LogP contribution >= 0.6 is 0 Å². The monoisotopic (exact) mass is 176 g/mol. The van der Waals surface area contributed by atoms with Crippen LogP contribution in [0.25, 0.3) is 0 Å². The molecule has 5 heteroatoms. The smallest absolute Gasteiger partial charge is 0.356 e. The molecule has 0 bridgehead atoms. The van der Waals surface area contributed by atoms with Crippen LogP contribution in [-0.2, 0) is 19.2 Å². The van der Waals surface area contributed by atoms with Gasteiger partial charge in [-0.25, -0.2) is 4.79 Å².